The van der Waals surface area contributed by atoms with Crippen LogP contribution in [-0.4, -0.2) is 18.1 Å². The summed E-state index contributed by atoms with van der Waals surface area (Å²) in [6, 6.07) is 8.20. The normalized spacial score (nSPS) is 27.4. The summed E-state index contributed by atoms with van der Waals surface area (Å²) < 4.78 is 5.39. The molecule has 1 N–H and O–H groups in total. The maximum Gasteiger partial charge on any atom is 0.332 e. The Kier molecular flexibility index (Phi) is 4.31. The number of rotatable bonds is 4. The van der Waals surface area contributed by atoms with E-state index in [2.05, 4.69) is 45.1 Å². The van der Waals surface area contributed by atoms with Crippen molar-refractivity contribution in [2.24, 2.45) is 11.3 Å². The second-order valence-electron chi connectivity index (χ2n) is 7.13. The molecule has 1 fully saturated rings. The smallest absolute Gasteiger partial charge is 0.332 e. The highest BCUT2D eigenvalue weighted by Crippen LogP contribution is 2.49. The van der Waals surface area contributed by atoms with Gasteiger partial charge in [-0.1, -0.05) is 38.5 Å². The van der Waals surface area contributed by atoms with Gasteiger partial charge in [0.1, 0.15) is 5.54 Å². The molecular weight excluding hydrogens is 262 g/mol. The van der Waals surface area contributed by atoms with E-state index in [1.54, 1.807) is 0 Å². The zero-order valence-corrected chi connectivity index (χ0v) is 13.8. The van der Waals surface area contributed by atoms with E-state index in [-0.39, 0.29) is 17.3 Å². The predicted octanol–water partition coefficient (Wildman–Crippen LogP) is 4.16. The Hall–Kier alpha value is -1.51. The van der Waals surface area contributed by atoms with Crippen LogP contribution in [0.1, 0.15) is 46.1 Å². The summed E-state index contributed by atoms with van der Waals surface area (Å²) >= 11 is 0. The molecule has 1 saturated carbocycles. The fraction of sp³-hybridized carbons (Fsp3) is 0.611. The number of aryl methyl sites for hydroxylation is 1. The van der Waals surface area contributed by atoms with Crippen molar-refractivity contribution in [3.8, 4) is 0 Å². The van der Waals surface area contributed by atoms with Crippen LogP contribution >= 0.6 is 0 Å². The van der Waals surface area contributed by atoms with E-state index in [4.69, 9.17) is 4.74 Å². The number of carbonyl (C=O) groups is 1. The van der Waals surface area contributed by atoms with Crippen LogP contribution in [0.4, 0.5) is 5.69 Å². The topological polar surface area (TPSA) is 38.3 Å². The number of anilines is 1. The second kappa shape index (κ2) is 5.70. The van der Waals surface area contributed by atoms with Crippen LogP contribution in [0.5, 0.6) is 0 Å². The number of nitrogens with one attached hydrogen (secondary N) is 1. The molecular formula is C18H27NO2. The van der Waals surface area contributed by atoms with Gasteiger partial charge in [-0.15, -0.1) is 0 Å². The molecule has 0 aromatic heterocycles. The van der Waals surface area contributed by atoms with Crippen molar-refractivity contribution < 1.29 is 9.53 Å². The summed E-state index contributed by atoms with van der Waals surface area (Å²) in [4.78, 5) is 12.7. The molecule has 21 heavy (non-hydrogen) atoms. The molecule has 0 bridgehead atoms. The molecule has 1 aromatic carbocycles. The van der Waals surface area contributed by atoms with Crippen LogP contribution in [0.25, 0.3) is 0 Å². The SMILES string of the molecule is CCOC(=O)C1(Nc2ccc(C)cc2)CC(C)(C)CC1C. The molecule has 1 aromatic rings. The minimum Gasteiger partial charge on any atom is -0.464 e. The van der Waals surface area contributed by atoms with Crippen molar-refractivity contribution in [1.82, 2.24) is 0 Å². The van der Waals surface area contributed by atoms with Gasteiger partial charge in [0.2, 0.25) is 0 Å². The molecule has 0 saturated heterocycles. The zero-order chi connectivity index (χ0) is 15.7. The van der Waals surface area contributed by atoms with Crippen molar-refractivity contribution >= 4 is 11.7 Å². The second-order valence-corrected chi connectivity index (χ2v) is 7.13. The summed E-state index contributed by atoms with van der Waals surface area (Å²) in [6.07, 6.45) is 1.82. The lowest BCUT2D eigenvalue weighted by molar-refractivity contribution is -0.150. The molecule has 2 unspecified atom stereocenters. The van der Waals surface area contributed by atoms with Gasteiger partial charge in [-0.2, -0.15) is 0 Å². The highest BCUT2D eigenvalue weighted by atomic mass is 16.5. The minimum atomic E-state index is -0.616. The Balaban J connectivity index is 2.33. The number of carbonyl (C=O) groups excluding carboxylic acids is 1. The third-order valence-corrected chi connectivity index (χ3v) is 4.52. The van der Waals surface area contributed by atoms with Gasteiger partial charge in [0, 0.05) is 5.69 Å². The van der Waals surface area contributed by atoms with Crippen LogP contribution in [0.3, 0.4) is 0 Å². The monoisotopic (exact) mass is 289 g/mol. The van der Waals surface area contributed by atoms with Gasteiger partial charge in [0.15, 0.2) is 0 Å². The minimum absolute atomic E-state index is 0.122. The van der Waals surface area contributed by atoms with Crippen LogP contribution in [-0.2, 0) is 9.53 Å². The Morgan fingerprint density at radius 2 is 1.95 bits per heavy atom. The van der Waals surface area contributed by atoms with Gasteiger partial charge in [-0.05, 0) is 50.2 Å². The highest BCUT2D eigenvalue weighted by Gasteiger charge is 2.54. The van der Waals surface area contributed by atoms with Crippen molar-refractivity contribution in [3.05, 3.63) is 29.8 Å². The van der Waals surface area contributed by atoms with Crippen LogP contribution in [0.2, 0.25) is 0 Å². The summed E-state index contributed by atoms with van der Waals surface area (Å²) in [7, 11) is 0. The third-order valence-electron chi connectivity index (χ3n) is 4.52. The Bertz CT molecular complexity index is 506. The highest BCUT2D eigenvalue weighted by molar-refractivity contribution is 5.85. The predicted molar refractivity (Wildman–Crippen MR) is 86.3 cm³/mol. The quantitative estimate of drug-likeness (QED) is 0.846. The van der Waals surface area contributed by atoms with Crippen molar-refractivity contribution in [2.45, 2.75) is 53.0 Å². The molecule has 3 heteroatoms. The van der Waals surface area contributed by atoms with Gasteiger partial charge in [-0.3, -0.25) is 0 Å². The first-order valence-corrected chi connectivity index (χ1v) is 7.81. The molecule has 0 radical (unpaired) electrons. The number of ether oxygens (including phenoxy) is 1. The summed E-state index contributed by atoms with van der Waals surface area (Å²) in [5.74, 6) is 0.122. The average molecular weight is 289 g/mol. The molecule has 3 nitrogen and oxygen atoms in total. The Labute approximate surface area is 128 Å². The average Bonchev–Trinajstić information content (AvgIpc) is 2.63. The molecule has 2 rings (SSSR count). The van der Waals surface area contributed by atoms with Crippen molar-refractivity contribution in [2.75, 3.05) is 11.9 Å². The lowest BCUT2D eigenvalue weighted by Gasteiger charge is -2.34. The number of esters is 1. The molecule has 116 valence electrons. The van der Waals surface area contributed by atoms with Crippen LogP contribution < -0.4 is 5.32 Å². The first-order valence-electron chi connectivity index (χ1n) is 7.81. The van der Waals surface area contributed by atoms with E-state index >= 15 is 0 Å². The lowest BCUT2D eigenvalue weighted by Crippen LogP contribution is -2.50. The Morgan fingerprint density at radius 3 is 2.43 bits per heavy atom. The molecule has 1 aliphatic carbocycles. The number of hydrogen-bond acceptors (Lipinski definition) is 3. The first-order chi connectivity index (χ1) is 9.79. The van der Waals surface area contributed by atoms with Gasteiger partial charge in [0.05, 0.1) is 6.61 Å². The van der Waals surface area contributed by atoms with Gasteiger partial charge >= 0.3 is 5.97 Å². The van der Waals surface area contributed by atoms with Crippen molar-refractivity contribution in [3.63, 3.8) is 0 Å². The maximum atomic E-state index is 12.7. The Morgan fingerprint density at radius 1 is 1.33 bits per heavy atom. The van der Waals surface area contributed by atoms with Crippen LogP contribution in [0, 0.1) is 18.3 Å². The summed E-state index contributed by atoms with van der Waals surface area (Å²) in [6.45, 7) is 10.9. The number of hydrogen-bond donors (Lipinski definition) is 1. The molecule has 2 atom stereocenters. The van der Waals surface area contributed by atoms with E-state index in [0.29, 0.717) is 6.61 Å². The fourth-order valence-corrected chi connectivity index (χ4v) is 3.65. The van der Waals surface area contributed by atoms with E-state index in [1.165, 1.54) is 5.56 Å². The molecule has 0 heterocycles. The molecule has 0 aliphatic heterocycles. The third kappa shape index (κ3) is 3.22. The van der Waals surface area contributed by atoms with E-state index in [1.807, 2.05) is 19.1 Å². The molecule has 1 aliphatic rings. The zero-order valence-electron chi connectivity index (χ0n) is 13.8. The van der Waals surface area contributed by atoms with Crippen molar-refractivity contribution in [1.29, 1.82) is 0 Å². The van der Waals surface area contributed by atoms with E-state index in [9.17, 15) is 4.79 Å². The largest absolute Gasteiger partial charge is 0.464 e. The standard InChI is InChI=1S/C18H27NO2/c1-6-21-16(20)18(12-17(4,5)11-14(18)3)19-15-9-7-13(2)8-10-15/h7-10,14,19H,6,11-12H2,1-5H3. The maximum absolute atomic E-state index is 12.7. The van der Waals surface area contributed by atoms with E-state index in [0.717, 1.165) is 18.5 Å². The lowest BCUT2D eigenvalue weighted by atomic mass is 9.86. The van der Waals surface area contributed by atoms with Gasteiger partial charge in [0.25, 0.3) is 0 Å². The molecule has 0 spiro atoms. The summed E-state index contributed by atoms with van der Waals surface area (Å²) in [5, 5.41) is 3.50. The number of benzene rings is 1. The summed E-state index contributed by atoms with van der Waals surface area (Å²) in [5.41, 5.74) is 1.72. The van der Waals surface area contributed by atoms with Crippen LogP contribution in [0.15, 0.2) is 24.3 Å². The van der Waals surface area contributed by atoms with E-state index < -0.39 is 5.54 Å². The molecule has 0 amide bonds. The van der Waals surface area contributed by atoms with Gasteiger partial charge < -0.3 is 10.1 Å². The van der Waals surface area contributed by atoms with Gasteiger partial charge in [-0.25, -0.2) is 4.79 Å². The fourth-order valence-electron chi connectivity index (χ4n) is 3.65. The first kappa shape index (κ1) is 15.9.